The number of hydrogen-bond acceptors (Lipinski definition) is 5. The molecule has 0 N–H and O–H groups in total. The molecule has 0 fully saturated rings. The maximum absolute atomic E-state index is 11.7. The molecule has 0 aromatic rings. The molecule has 0 aromatic carbocycles. The highest BCUT2D eigenvalue weighted by molar-refractivity contribution is 7.94. The van der Waals surface area contributed by atoms with Crippen molar-refractivity contribution in [3.05, 3.63) is 0 Å². The van der Waals surface area contributed by atoms with E-state index in [2.05, 4.69) is 4.28 Å². The van der Waals surface area contributed by atoms with Gasteiger partial charge in [0, 0.05) is 14.1 Å². The van der Waals surface area contributed by atoms with Gasteiger partial charge in [-0.15, -0.1) is 8.37 Å². The smallest absolute Gasteiger partial charge is 0.161 e. The molecule has 0 aliphatic carbocycles. The predicted molar refractivity (Wildman–Crippen MR) is 34.0 cm³/mol. The topological polar surface area (TPSA) is 15.7 Å². The molecule has 0 aliphatic heterocycles. The Balaban J connectivity index is 3.06. The first-order valence-corrected chi connectivity index (χ1v) is 3.30. The van der Waals surface area contributed by atoms with E-state index in [0.717, 1.165) is 11.5 Å². The van der Waals surface area contributed by atoms with Crippen molar-refractivity contribution < 1.29 is 12.7 Å². The van der Waals surface area contributed by atoms with E-state index in [1.165, 1.54) is 7.05 Å². The number of nitrogens with zero attached hydrogens (tertiary/aromatic N) is 2. The molecule has 0 bridgehead atoms. The summed E-state index contributed by atoms with van der Waals surface area (Å²) >= 11 is 0.259. The normalized spacial score (nSPS) is 11.3. The fraction of sp³-hybridized carbons (Fsp3) is 1.00. The number of halogens is 2. The number of rotatable bonds is 4. The van der Waals surface area contributed by atoms with E-state index >= 15 is 0 Å². The first-order chi connectivity index (χ1) is 4.16. The summed E-state index contributed by atoms with van der Waals surface area (Å²) in [5.74, 6) is 0. The standard InChI is InChI=1S/C2H6F2N2OS2/c1-5(3)9-7-6(2)8-4/h1-2H3. The lowest BCUT2D eigenvalue weighted by Gasteiger charge is -2.08. The van der Waals surface area contributed by atoms with Crippen molar-refractivity contribution in [1.82, 2.24) is 9.00 Å². The maximum atomic E-state index is 11.7. The van der Waals surface area contributed by atoms with E-state index in [1.807, 2.05) is 0 Å². The van der Waals surface area contributed by atoms with Crippen LogP contribution in [-0.2, 0) is 4.28 Å². The van der Waals surface area contributed by atoms with Crippen molar-refractivity contribution in [1.29, 1.82) is 0 Å². The highest BCUT2D eigenvalue weighted by Crippen LogP contribution is 2.16. The zero-order chi connectivity index (χ0) is 7.28. The van der Waals surface area contributed by atoms with Crippen LogP contribution in [0.5, 0.6) is 0 Å². The van der Waals surface area contributed by atoms with E-state index in [0.29, 0.717) is 12.2 Å². The number of hydrogen-bond donors (Lipinski definition) is 0. The monoisotopic (exact) mass is 176 g/mol. The minimum Gasteiger partial charge on any atom is -0.197 e. The van der Waals surface area contributed by atoms with E-state index in [-0.39, 0.29) is 16.9 Å². The summed E-state index contributed by atoms with van der Waals surface area (Å²) in [5, 5.41) is 0. The summed E-state index contributed by atoms with van der Waals surface area (Å²) in [4.78, 5) is 0. The molecule has 0 radical (unpaired) electrons. The van der Waals surface area contributed by atoms with Crippen molar-refractivity contribution in [2.75, 3.05) is 14.1 Å². The second-order valence-electron chi connectivity index (χ2n) is 1.08. The first kappa shape index (κ1) is 9.44. The molecule has 0 atom stereocenters. The molecule has 0 saturated carbocycles. The fourth-order valence-corrected chi connectivity index (χ4v) is 0.464. The molecule has 0 rings (SSSR count). The second kappa shape index (κ2) is 5.24. The van der Waals surface area contributed by atoms with E-state index in [9.17, 15) is 8.37 Å². The van der Waals surface area contributed by atoms with Gasteiger partial charge in [0.2, 0.25) is 0 Å². The third-order valence-electron chi connectivity index (χ3n) is 0.338. The Hall–Kier alpha value is 0.440. The van der Waals surface area contributed by atoms with Gasteiger partial charge in [-0.2, -0.15) is 4.28 Å². The van der Waals surface area contributed by atoms with Crippen LogP contribution in [0.1, 0.15) is 0 Å². The lowest BCUT2D eigenvalue weighted by atomic mass is 11.6. The molecule has 0 aromatic heterocycles. The minimum atomic E-state index is -0.136. The van der Waals surface area contributed by atoms with Gasteiger partial charge in [-0.25, -0.2) is 0 Å². The van der Waals surface area contributed by atoms with Crippen molar-refractivity contribution in [3.63, 3.8) is 0 Å². The molecule has 0 spiro atoms. The lowest BCUT2D eigenvalue weighted by Crippen LogP contribution is -2.06. The van der Waals surface area contributed by atoms with Crippen molar-refractivity contribution in [3.8, 4) is 0 Å². The van der Waals surface area contributed by atoms with Gasteiger partial charge in [-0.3, -0.25) is 0 Å². The van der Waals surface area contributed by atoms with Gasteiger partial charge in [-0.05, 0) is 0 Å². The van der Waals surface area contributed by atoms with Crippen LogP contribution in [-0.4, -0.2) is 23.1 Å². The van der Waals surface area contributed by atoms with Crippen LogP contribution in [0.25, 0.3) is 0 Å². The molecule has 9 heavy (non-hydrogen) atoms. The lowest BCUT2D eigenvalue weighted by molar-refractivity contribution is 0.0791. The van der Waals surface area contributed by atoms with Crippen molar-refractivity contribution in [2.24, 2.45) is 0 Å². The van der Waals surface area contributed by atoms with Crippen LogP contribution in [0.3, 0.4) is 0 Å². The maximum Gasteiger partial charge on any atom is 0.161 e. The highest BCUT2D eigenvalue weighted by atomic mass is 32.2. The minimum absolute atomic E-state index is 0.136. The Kier molecular flexibility index (Phi) is 5.50. The largest absolute Gasteiger partial charge is 0.197 e. The summed E-state index contributed by atoms with van der Waals surface area (Å²) in [6.07, 6.45) is 0. The molecule has 7 heteroatoms. The summed E-state index contributed by atoms with van der Waals surface area (Å²) < 4.78 is 28.4. The zero-order valence-electron chi connectivity index (χ0n) is 4.88. The zero-order valence-corrected chi connectivity index (χ0v) is 6.51. The summed E-state index contributed by atoms with van der Waals surface area (Å²) in [5.41, 5.74) is 0. The van der Waals surface area contributed by atoms with Crippen LogP contribution in [0.2, 0.25) is 0 Å². The molecule has 0 aliphatic rings. The van der Waals surface area contributed by atoms with Gasteiger partial charge in [0.05, 0.1) is 0 Å². The third-order valence-corrected chi connectivity index (χ3v) is 1.20. The van der Waals surface area contributed by atoms with E-state index < -0.39 is 0 Å². The van der Waals surface area contributed by atoms with Gasteiger partial charge < -0.3 is 0 Å². The highest BCUT2D eigenvalue weighted by Gasteiger charge is 2.01. The molecule has 0 amide bonds. The molecule has 0 heterocycles. The molecule has 0 unspecified atom stereocenters. The summed E-state index contributed by atoms with van der Waals surface area (Å²) in [6, 6.07) is 0. The summed E-state index contributed by atoms with van der Waals surface area (Å²) in [7, 11) is 2.46. The van der Waals surface area contributed by atoms with Gasteiger partial charge in [-0.1, -0.05) is 9.00 Å². The van der Waals surface area contributed by atoms with Crippen LogP contribution in [0.4, 0.5) is 8.37 Å². The summed E-state index contributed by atoms with van der Waals surface area (Å²) in [6.45, 7) is 0. The SMILES string of the molecule is CN(F)SON(C)SF. The third kappa shape index (κ3) is 6.32. The van der Waals surface area contributed by atoms with Gasteiger partial charge in [0.25, 0.3) is 0 Å². The first-order valence-electron chi connectivity index (χ1n) is 1.93. The van der Waals surface area contributed by atoms with Crippen LogP contribution in [0.15, 0.2) is 0 Å². The molecule has 3 nitrogen and oxygen atoms in total. The van der Waals surface area contributed by atoms with Crippen molar-refractivity contribution >= 4 is 24.6 Å². The molecular weight excluding hydrogens is 170 g/mol. The average Bonchev–Trinajstić information content (AvgIpc) is 1.83. The fourth-order valence-electron chi connectivity index (χ4n) is 0.104. The second-order valence-corrected chi connectivity index (χ2v) is 2.53. The Morgan fingerprint density at radius 3 is 2.33 bits per heavy atom. The van der Waals surface area contributed by atoms with Gasteiger partial charge in [0.1, 0.15) is 12.2 Å². The quantitative estimate of drug-likeness (QED) is 0.280. The molecule has 56 valence electrons. The average molecular weight is 176 g/mol. The Morgan fingerprint density at radius 2 is 2.00 bits per heavy atom. The van der Waals surface area contributed by atoms with E-state index in [1.54, 1.807) is 0 Å². The van der Waals surface area contributed by atoms with Crippen molar-refractivity contribution in [2.45, 2.75) is 0 Å². The van der Waals surface area contributed by atoms with Crippen LogP contribution < -0.4 is 0 Å². The predicted octanol–water partition coefficient (Wildman–Crippen LogP) is 1.76. The van der Waals surface area contributed by atoms with Crippen LogP contribution >= 0.6 is 24.6 Å². The van der Waals surface area contributed by atoms with Gasteiger partial charge in [0.15, 0.2) is 12.3 Å². The Morgan fingerprint density at radius 1 is 1.44 bits per heavy atom. The van der Waals surface area contributed by atoms with Crippen LogP contribution in [0, 0.1) is 0 Å². The Bertz CT molecular complexity index is 75.6. The van der Waals surface area contributed by atoms with E-state index in [4.69, 9.17) is 0 Å². The number of hydroxylamine groups is 1. The molecule has 0 saturated heterocycles. The van der Waals surface area contributed by atoms with Gasteiger partial charge >= 0.3 is 0 Å². The Labute approximate surface area is 61.0 Å². The molecular formula is C2H6F2N2OS2.